The Labute approximate surface area is 266 Å². The van der Waals surface area contributed by atoms with Gasteiger partial charge in [-0.3, -0.25) is 14.8 Å². The third-order valence-electron chi connectivity index (χ3n) is 7.42. The van der Waals surface area contributed by atoms with Crippen molar-refractivity contribution in [2.45, 2.75) is 62.5 Å². The molecule has 0 saturated carbocycles. The van der Waals surface area contributed by atoms with Gasteiger partial charge >= 0.3 is 0 Å². The Hall–Kier alpha value is -4.13. The number of carbonyl (C=O) groups excluding carboxylic acids is 2. The molecule has 1 aromatic heterocycles. The third-order valence-corrected chi connectivity index (χ3v) is 8.43. The lowest BCUT2D eigenvalue weighted by Gasteiger charge is -2.36. The number of amides is 2. The van der Waals surface area contributed by atoms with Crippen molar-refractivity contribution in [3.63, 3.8) is 0 Å². The Morgan fingerprint density at radius 2 is 1.58 bits per heavy atom. The van der Waals surface area contributed by atoms with Crippen LogP contribution in [0.2, 0.25) is 0 Å². The van der Waals surface area contributed by atoms with Crippen molar-refractivity contribution in [3.05, 3.63) is 114 Å². The zero-order chi connectivity index (χ0) is 31.4. The van der Waals surface area contributed by atoms with Crippen molar-refractivity contribution in [2.75, 3.05) is 5.75 Å². The van der Waals surface area contributed by atoms with E-state index in [0.717, 1.165) is 33.4 Å². The summed E-state index contributed by atoms with van der Waals surface area (Å²) < 4.78 is 12.9. The summed E-state index contributed by atoms with van der Waals surface area (Å²) in [6.45, 7) is 0.361. The Kier molecular flexibility index (Phi) is 11.7. The molecule has 10 nitrogen and oxygen atoms in total. The number of hydrogen-bond donors (Lipinski definition) is 4. The number of hydrogen-bond acceptors (Lipinski definition) is 9. The Bertz CT molecular complexity index is 1540. The van der Waals surface area contributed by atoms with Crippen molar-refractivity contribution < 1.29 is 29.4 Å². The number of aromatic nitrogens is 2. The molecule has 1 fully saturated rings. The lowest BCUT2D eigenvalue weighted by molar-refractivity contribution is -0.245. The minimum Gasteiger partial charge on any atom is -0.392 e. The summed E-state index contributed by atoms with van der Waals surface area (Å²) in [6, 6.07) is 25.7. The molecule has 3 aromatic carbocycles. The van der Waals surface area contributed by atoms with Crippen molar-refractivity contribution >= 4 is 23.6 Å². The van der Waals surface area contributed by atoms with Gasteiger partial charge in [0.2, 0.25) is 11.8 Å². The summed E-state index contributed by atoms with van der Waals surface area (Å²) in [4.78, 5) is 31.9. The lowest BCUT2D eigenvalue weighted by Crippen LogP contribution is -2.31. The fourth-order valence-corrected chi connectivity index (χ4v) is 5.82. The smallest absolute Gasteiger partial charge is 0.243 e. The fraction of sp³-hybridized carbons (Fsp3) is 0.294. The first-order chi connectivity index (χ1) is 22.0. The van der Waals surface area contributed by atoms with E-state index in [0.29, 0.717) is 30.3 Å². The van der Waals surface area contributed by atoms with Crippen LogP contribution in [0.4, 0.5) is 0 Å². The van der Waals surface area contributed by atoms with E-state index in [2.05, 4.69) is 15.3 Å². The topological polar surface area (TPSA) is 143 Å². The first kappa shape index (κ1) is 32.3. The van der Waals surface area contributed by atoms with Crippen LogP contribution in [-0.4, -0.2) is 44.0 Å². The summed E-state index contributed by atoms with van der Waals surface area (Å²) in [5.41, 5.74) is 7.33. The predicted octanol–water partition coefficient (Wildman–Crippen LogP) is 5.27. The number of nitrogens with zero attached hydrogens (tertiary/aromatic N) is 2. The molecule has 4 aromatic rings. The SMILES string of the molecule is O=C(CCCC(=O)NCc1cccc(-c2ccc(C3OC(CSc4ncccn4)CC(c4ccc(CO)cc4)O3)cc2)c1)NO. The van der Waals surface area contributed by atoms with Gasteiger partial charge in [0.25, 0.3) is 0 Å². The number of thioether (sulfide) groups is 1. The second-order valence-corrected chi connectivity index (χ2v) is 11.7. The summed E-state index contributed by atoms with van der Waals surface area (Å²) in [6.07, 6.45) is 3.93. The highest BCUT2D eigenvalue weighted by Gasteiger charge is 2.32. The van der Waals surface area contributed by atoms with Crippen LogP contribution < -0.4 is 10.8 Å². The highest BCUT2D eigenvalue weighted by atomic mass is 32.2. The highest BCUT2D eigenvalue weighted by Crippen LogP contribution is 2.39. The molecular weight excluding hydrogens is 592 g/mol. The number of hydroxylamine groups is 1. The molecule has 1 aliphatic rings. The van der Waals surface area contributed by atoms with Crippen molar-refractivity contribution in [1.29, 1.82) is 0 Å². The molecule has 0 radical (unpaired) electrons. The second kappa shape index (κ2) is 16.3. The summed E-state index contributed by atoms with van der Waals surface area (Å²) in [5.74, 6) is 0.0150. The van der Waals surface area contributed by atoms with Gasteiger partial charge in [-0.15, -0.1) is 0 Å². The van der Waals surface area contributed by atoms with Crippen LogP contribution >= 0.6 is 11.8 Å². The van der Waals surface area contributed by atoms with Gasteiger partial charge in [-0.2, -0.15) is 0 Å². The molecule has 234 valence electrons. The number of benzene rings is 3. The molecule has 0 aliphatic carbocycles. The highest BCUT2D eigenvalue weighted by molar-refractivity contribution is 7.99. The van der Waals surface area contributed by atoms with Gasteiger partial charge in [0.1, 0.15) is 0 Å². The molecule has 5 rings (SSSR count). The van der Waals surface area contributed by atoms with Crippen LogP contribution in [0.5, 0.6) is 0 Å². The van der Waals surface area contributed by atoms with E-state index >= 15 is 0 Å². The monoisotopic (exact) mass is 628 g/mol. The van der Waals surface area contributed by atoms with E-state index < -0.39 is 12.2 Å². The molecule has 4 N–H and O–H groups in total. The summed E-state index contributed by atoms with van der Waals surface area (Å²) in [7, 11) is 0. The van der Waals surface area contributed by atoms with E-state index in [1.54, 1.807) is 35.7 Å². The Balaban J connectivity index is 1.24. The number of aliphatic hydroxyl groups is 1. The van der Waals surface area contributed by atoms with Gasteiger partial charge < -0.3 is 19.9 Å². The molecule has 1 aliphatic heterocycles. The predicted molar refractivity (Wildman–Crippen MR) is 169 cm³/mol. The fourth-order valence-electron chi connectivity index (χ4n) is 5.00. The molecule has 2 heterocycles. The first-order valence-corrected chi connectivity index (χ1v) is 15.8. The number of ether oxygens (including phenoxy) is 2. The number of carbonyl (C=O) groups is 2. The molecule has 45 heavy (non-hydrogen) atoms. The van der Waals surface area contributed by atoms with E-state index in [9.17, 15) is 14.7 Å². The molecule has 3 atom stereocenters. The number of nitrogens with one attached hydrogen (secondary N) is 2. The minimum absolute atomic E-state index is 0.00876. The van der Waals surface area contributed by atoms with Gasteiger partial charge in [0, 0.05) is 49.5 Å². The standard InChI is InChI=1S/C34H36N4O6S/c39-21-23-8-10-26(11-9-23)30-19-29(22-45-34-35-16-3-17-36-34)43-33(44-30)27-14-12-25(13-15-27)28-5-1-4-24(18-28)20-37-31(40)6-2-7-32(41)38-42/h1,3-5,8-18,29-30,33,39,42H,2,6-7,19-22H2,(H,37,40)(H,38,41). The molecule has 11 heteroatoms. The average Bonchev–Trinajstić information content (AvgIpc) is 3.10. The van der Waals surface area contributed by atoms with E-state index in [4.69, 9.17) is 14.7 Å². The van der Waals surface area contributed by atoms with Gasteiger partial charge in [0.05, 0.1) is 18.8 Å². The minimum atomic E-state index is -0.567. The summed E-state index contributed by atoms with van der Waals surface area (Å²) >= 11 is 1.55. The maximum absolute atomic E-state index is 12.2. The third kappa shape index (κ3) is 9.43. The molecule has 0 spiro atoms. The van der Waals surface area contributed by atoms with Gasteiger partial charge in [0.15, 0.2) is 11.4 Å². The van der Waals surface area contributed by atoms with Crippen molar-refractivity contribution in [3.8, 4) is 11.1 Å². The van der Waals surface area contributed by atoms with Crippen molar-refractivity contribution in [1.82, 2.24) is 20.8 Å². The van der Waals surface area contributed by atoms with Crippen LogP contribution in [-0.2, 0) is 32.2 Å². The summed E-state index contributed by atoms with van der Waals surface area (Å²) in [5, 5.41) is 21.6. The Morgan fingerprint density at radius 1 is 0.844 bits per heavy atom. The van der Waals surface area contributed by atoms with Gasteiger partial charge in [-0.05, 0) is 46.4 Å². The van der Waals surface area contributed by atoms with Gasteiger partial charge in [-0.25, -0.2) is 15.4 Å². The van der Waals surface area contributed by atoms with Crippen LogP contribution in [0.3, 0.4) is 0 Å². The average molecular weight is 629 g/mol. The number of aliphatic hydroxyl groups excluding tert-OH is 1. The normalized spacial score (nSPS) is 17.9. The van der Waals surface area contributed by atoms with Gasteiger partial charge in [-0.1, -0.05) is 78.5 Å². The first-order valence-electron chi connectivity index (χ1n) is 14.8. The zero-order valence-corrected chi connectivity index (χ0v) is 25.5. The van der Waals surface area contributed by atoms with Crippen LogP contribution in [0.15, 0.2) is 96.4 Å². The molecule has 3 unspecified atom stereocenters. The molecule has 0 bridgehead atoms. The van der Waals surface area contributed by atoms with E-state index in [1.807, 2.05) is 72.8 Å². The number of rotatable bonds is 13. The molecular formula is C34H36N4O6S. The molecule has 2 amide bonds. The van der Waals surface area contributed by atoms with Crippen molar-refractivity contribution in [2.24, 2.45) is 0 Å². The van der Waals surface area contributed by atoms with Crippen LogP contribution in [0.25, 0.3) is 11.1 Å². The maximum Gasteiger partial charge on any atom is 0.243 e. The lowest BCUT2D eigenvalue weighted by atomic mass is 9.99. The maximum atomic E-state index is 12.2. The quantitative estimate of drug-likeness (QED) is 0.0674. The second-order valence-electron chi connectivity index (χ2n) is 10.7. The Morgan fingerprint density at radius 3 is 2.31 bits per heavy atom. The zero-order valence-electron chi connectivity index (χ0n) is 24.7. The van der Waals surface area contributed by atoms with E-state index in [1.165, 1.54) is 0 Å². The van der Waals surface area contributed by atoms with E-state index in [-0.39, 0.29) is 37.6 Å². The largest absolute Gasteiger partial charge is 0.392 e. The molecule has 1 saturated heterocycles. The van der Waals surface area contributed by atoms with Crippen LogP contribution in [0.1, 0.15) is 60.3 Å². The van der Waals surface area contributed by atoms with Crippen LogP contribution in [0, 0.1) is 0 Å².